The number of nitriles is 1. The van der Waals surface area contributed by atoms with Crippen LogP contribution in [-0.4, -0.2) is 14.4 Å². The normalized spacial score (nSPS) is 15.4. The van der Waals surface area contributed by atoms with E-state index in [0.29, 0.717) is 0 Å². The van der Waals surface area contributed by atoms with Crippen LogP contribution in [0, 0.1) is 16.4 Å². The third kappa shape index (κ3) is 3.89. The molecule has 3 heteroatoms. The van der Waals surface area contributed by atoms with Gasteiger partial charge >= 0.3 is 0 Å². The van der Waals surface area contributed by atoms with Crippen LogP contribution in [0.25, 0.3) is 0 Å². The number of hydrogen-bond acceptors (Lipinski definition) is 2. The van der Waals surface area contributed by atoms with E-state index in [1.54, 1.807) is 0 Å². The van der Waals surface area contributed by atoms with Crippen molar-refractivity contribution in [1.29, 1.82) is 5.26 Å². The molecule has 0 amide bonds. The SMILES string of the molecule is CC(O[Si](C)(C)C#N)C(C)(C)C. The van der Waals surface area contributed by atoms with Crippen molar-refractivity contribution in [3.63, 3.8) is 0 Å². The molecule has 0 aliphatic heterocycles. The van der Waals surface area contributed by atoms with Crippen LogP contribution in [0.15, 0.2) is 0 Å². The van der Waals surface area contributed by atoms with Crippen molar-refractivity contribution in [2.24, 2.45) is 5.41 Å². The molecule has 0 radical (unpaired) electrons. The standard InChI is InChI=1S/C9H19NOSi/c1-8(9(2,3)4)11-12(5,6)7-10/h8H,1-6H3. The van der Waals surface area contributed by atoms with Crippen molar-refractivity contribution < 1.29 is 4.43 Å². The summed E-state index contributed by atoms with van der Waals surface area (Å²) in [7, 11) is -2.04. The molecule has 1 atom stereocenters. The first-order chi connectivity index (χ1) is 5.19. The van der Waals surface area contributed by atoms with E-state index < -0.39 is 8.32 Å². The van der Waals surface area contributed by atoms with Crippen LogP contribution in [0.5, 0.6) is 0 Å². The van der Waals surface area contributed by atoms with Crippen LogP contribution in [0.1, 0.15) is 27.7 Å². The zero-order valence-electron chi connectivity index (χ0n) is 8.93. The van der Waals surface area contributed by atoms with Crippen LogP contribution >= 0.6 is 0 Å². The molecular weight excluding hydrogens is 166 g/mol. The minimum absolute atomic E-state index is 0.126. The summed E-state index contributed by atoms with van der Waals surface area (Å²) in [5.74, 6) is 0. The quantitative estimate of drug-likeness (QED) is 0.620. The average Bonchev–Trinajstić information content (AvgIpc) is 1.85. The molecule has 0 saturated carbocycles. The molecule has 0 fully saturated rings. The monoisotopic (exact) mass is 185 g/mol. The molecule has 1 unspecified atom stereocenters. The maximum Gasteiger partial charge on any atom is 0.300 e. The summed E-state index contributed by atoms with van der Waals surface area (Å²) in [5.41, 5.74) is 2.39. The van der Waals surface area contributed by atoms with Gasteiger partial charge in [0.1, 0.15) is 0 Å². The third-order valence-electron chi connectivity index (χ3n) is 1.96. The predicted octanol–water partition coefficient (Wildman–Crippen LogP) is 2.71. The molecule has 0 heterocycles. The van der Waals surface area contributed by atoms with Crippen molar-refractivity contribution in [2.75, 3.05) is 0 Å². The van der Waals surface area contributed by atoms with E-state index >= 15 is 0 Å². The second-order valence-corrected chi connectivity index (χ2v) is 8.23. The summed E-state index contributed by atoms with van der Waals surface area (Å²) in [6.45, 7) is 12.3. The zero-order chi connectivity index (χ0) is 9.99. The molecule has 2 nitrogen and oxygen atoms in total. The largest absolute Gasteiger partial charge is 0.401 e. The molecule has 0 rings (SSSR count). The highest BCUT2D eigenvalue weighted by molar-refractivity contribution is 6.78. The van der Waals surface area contributed by atoms with Crippen LogP contribution < -0.4 is 0 Å². The topological polar surface area (TPSA) is 33.0 Å². The Morgan fingerprint density at radius 3 is 2.00 bits per heavy atom. The lowest BCUT2D eigenvalue weighted by Crippen LogP contribution is -2.38. The van der Waals surface area contributed by atoms with Gasteiger partial charge < -0.3 is 4.43 Å². The second-order valence-electron chi connectivity index (χ2n) is 4.75. The maximum absolute atomic E-state index is 8.80. The van der Waals surface area contributed by atoms with Gasteiger partial charge in [-0.25, -0.2) is 5.26 Å². The van der Waals surface area contributed by atoms with Gasteiger partial charge in [-0.3, -0.25) is 0 Å². The summed E-state index contributed by atoms with van der Waals surface area (Å²) < 4.78 is 5.73. The van der Waals surface area contributed by atoms with Gasteiger partial charge in [0.05, 0.1) is 5.69 Å². The third-order valence-corrected chi connectivity index (χ3v) is 3.44. The molecule has 0 aromatic rings. The predicted molar refractivity (Wildman–Crippen MR) is 53.1 cm³/mol. The fraction of sp³-hybridized carbons (Fsp3) is 0.889. The molecule has 0 spiro atoms. The van der Waals surface area contributed by atoms with E-state index in [2.05, 4.69) is 26.5 Å². The Morgan fingerprint density at radius 1 is 1.33 bits per heavy atom. The maximum atomic E-state index is 8.80. The van der Waals surface area contributed by atoms with Gasteiger partial charge in [-0.2, -0.15) is 0 Å². The Balaban J connectivity index is 4.22. The van der Waals surface area contributed by atoms with Crippen LogP contribution in [-0.2, 0) is 4.43 Å². The first kappa shape index (κ1) is 11.7. The number of nitrogens with zero attached hydrogens (tertiary/aromatic N) is 1. The minimum Gasteiger partial charge on any atom is -0.401 e. The number of hydrogen-bond donors (Lipinski definition) is 0. The van der Waals surface area contributed by atoms with Crippen molar-refractivity contribution in [3.05, 3.63) is 0 Å². The smallest absolute Gasteiger partial charge is 0.300 e. The second kappa shape index (κ2) is 3.59. The van der Waals surface area contributed by atoms with Gasteiger partial charge in [0.25, 0.3) is 8.32 Å². The Morgan fingerprint density at radius 2 is 1.75 bits per heavy atom. The fourth-order valence-corrected chi connectivity index (χ4v) is 1.94. The Bertz CT molecular complexity index is 188. The van der Waals surface area contributed by atoms with Crippen molar-refractivity contribution in [1.82, 2.24) is 0 Å². The van der Waals surface area contributed by atoms with Crippen molar-refractivity contribution in [3.8, 4) is 5.69 Å². The molecule has 0 aliphatic rings. The minimum atomic E-state index is -2.04. The summed E-state index contributed by atoms with van der Waals surface area (Å²) in [6, 6.07) is 0. The Kier molecular flexibility index (Phi) is 3.49. The number of rotatable bonds is 2. The lowest BCUT2D eigenvalue weighted by atomic mass is 9.91. The summed E-state index contributed by atoms with van der Waals surface area (Å²) in [5, 5.41) is 8.80. The van der Waals surface area contributed by atoms with E-state index in [4.69, 9.17) is 9.69 Å². The molecule has 0 saturated heterocycles. The van der Waals surface area contributed by atoms with Gasteiger partial charge in [-0.1, -0.05) is 20.8 Å². The van der Waals surface area contributed by atoms with E-state index in [1.807, 2.05) is 20.0 Å². The first-order valence-electron chi connectivity index (χ1n) is 4.28. The lowest BCUT2D eigenvalue weighted by molar-refractivity contribution is 0.0987. The highest BCUT2D eigenvalue weighted by Crippen LogP contribution is 2.24. The van der Waals surface area contributed by atoms with E-state index in [1.165, 1.54) is 0 Å². The molecule has 0 N–H and O–H groups in total. The Hall–Kier alpha value is -0.333. The molecule has 0 bridgehead atoms. The van der Waals surface area contributed by atoms with Gasteiger partial charge in [0, 0.05) is 6.10 Å². The highest BCUT2D eigenvalue weighted by Gasteiger charge is 2.30. The van der Waals surface area contributed by atoms with E-state index in [9.17, 15) is 0 Å². The molecule has 0 aliphatic carbocycles. The van der Waals surface area contributed by atoms with Crippen molar-refractivity contribution in [2.45, 2.75) is 46.9 Å². The molecular formula is C9H19NOSi. The van der Waals surface area contributed by atoms with Gasteiger partial charge in [-0.15, -0.1) is 0 Å². The van der Waals surface area contributed by atoms with Crippen LogP contribution in [0.2, 0.25) is 13.1 Å². The molecule has 12 heavy (non-hydrogen) atoms. The van der Waals surface area contributed by atoms with Crippen molar-refractivity contribution >= 4 is 8.32 Å². The van der Waals surface area contributed by atoms with Gasteiger partial charge in [-0.05, 0) is 25.4 Å². The van der Waals surface area contributed by atoms with Crippen LogP contribution in [0.4, 0.5) is 0 Å². The van der Waals surface area contributed by atoms with E-state index in [-0.39, 0.29) is 11.5 Å². The van der Waals surface area contributed by atoms with Crippen LogP contribution in [0.3, 0.4) is 0 Å². The summed E-state index contributed by atoms with van der Waals surface area (Å²) in [4.78, 5) is 0. The zero-order valence-corrected chi connectivity index (χ0v) is 9.93. The lowest BCUT2D eigenvalue weighted by Gasteiger charge is -2.31. The average molecular weight is 185 g/mol. The first-order valence-corrected chi connectivity index (χ1v) is 7.19. The Labute approximate surface area is 76.7 Å². The molecule has 0 aromatic carbocycles. The highest BCUT2D eigenvalue weighted by atomic mass is 28.4. The molecule has 0 aromatic heterocycles. The van der Waals surface area contributed by atoms with Gasteiger partial charge in [0.15, 0.2) is 0 Å². The summed E-state index contributed by atoms with van der Waals surface area (Å²) >= 11 is 0. The fourth-order valence-electron chi connectivity index (χ4n) is 0.645. The summed E-state index contributed by atoms with van der Waals surface area (Å²) in [6.07, 6.45) is 0.152. The van der Waals surface area contributed by atoms with Gasteiger partial charge in [0.2, 0.25) is 0 Å². The van der Waals surface area contributed by atoms with E-state index in [0.717, 1.165) is 0 Å². The molecule has 70 valence electrons.